The second-order valence-electron chi connectivity index (χ2n) is 9.53. The molecule has 0 aliphatic heterocycles. The van der Waals surface area contributed by atoms with Gasteiger partial charge in [-0.3, -0.25) is 4.79 Å². The van der Waals surface area contributed by atoms with Crippen LogP contribution >= 0.6 is 0 Å². The number of aliphatic hydroxyl groups is 2. The lowest BCUT2D eigenvalue weighted by molar-refractivity contribution is -0.139. The molecule has 3 aromatic rings. The Hall–Kier alpha value is -3.69. The monoisotopic (exact) mass is 524 g/mol. The molecule has 1 aliphatic rings. The van der Waals surface area contributed by atoms with E-state index in [0.717, 1.165) is 48.2 Å². The van der Waals surface area contributed by atoms with Gasteiger partial charge in [0.25, 0.3) is 0 Å². The number of halogens is 1. The van der Waals surface area contributed by atoms with E-state index in [9.17, 15) is 19.4 Å². The Bertz CT molecular complexity index is 1290. The molecule has 38 heavy (non-hydrogen) atoms. The van der Waals surface area contributed by atoms with E-state index in [1.807, 2.05) is 18.2 Å². The van der Waals surface area contributed by atoms with Gasteiger partial charge in [0.1, 0.15) is 5.82 Å². The SMILES string of the molecule is COc1ccc(CC2CCCc3c2nn(-c2ccc(F)cc2)c3/C=C/[C@@H](O)C[C@@H](O)CC(=O)O)cc1OC. The normalized spacial score (nSPS) is 16.7. The van der Waals surface area contributed by atoms with Gasteiger partial charge in [0.15, 0.2) is 11.5 Å². The van der Waals surface area contributed by atoms with E-state index in [1.165, 1.54) is 12.1 Å². The van der Waals surface area contributed by atoms with E-state index >= 15 is 0 Å². The summed E-state index contributed by atoms with van der Waals surface area (Å²) in [6.07, 6.45) is 4.03. The lowest BCUT2D eigenvalue weighted by atomic mass is 9.83. The van der Waals surface area contributed by atoms with Crippen LogP contribution in [0.2, 0.25) is 0 Å². The fourth-order valence-corrected chi connectivity index (χ4v) is 5.01. The third kappa shape index (κ3) is 6.41. The smallest absolute Gasteiger partial charge is 0.305 e. The molecule has 3 atom stereocenters. The van der Waals surface area contributed by atoms with Crippen molar-refractivity contribution in [1.29, 1.82) is 0 Å². The highest BCUT2D eigenvalue weighted by molar-refractivity contribution is 5.67. The Morgan fingerprint density at radius 1 is 1.16 bits per heavy atom. The predicted octanol–water partition coefficient (Wildman–Crippen LogP) is 4.29. The zero-order valence-electron chi connectivity index (χ0n) is 21.5. The molecule has 0 saturated heterocycles. The van der Waals surface area contributed by atoms with Crippen molar-refractivity contribution in [2.45, 2.75) is 56.7 Å². The molecule has 8 nitrogen and oxygen atoms in total. The first-order valence-electron chi connectivity index (χ1n) is 12.6. The number of benzene rings is 2. The minimum Gasteiger partial charge on any atom is -0.493 e. The average molecular weight is 525 g/mol. The fraction of sp³-hybridized carbons (Fsp3) is 0.379. The summed E-state index contributed by atoms with van der Waals surface area (Å²) < 4.78 is 26.2. The van der Waals surface area contributed by atoms with Crippen LogP contribution in [0.3, 0.4) is 0 Å². The number of methoxy groups -OCH3 is 2. The summed E-state index contributed by atoms with van der Waals surface area (Å²) in [4.78, 5) is 10.8. The molecular weight excluding hydrogens is 491 g/mol. The second kappa shape index (κ2) is 12.2. The minimum absolute atomic E-state index is 0.0996. The molecule has 202 valence electrons. The van der Waals surface area contributed by atoms with Crippen molar-refractivity contribution in [2.75, 3.05) is 14.2 Å². The lowest BCUT2D eigenvalue weighted by Crippen LogP contribution is -2.19. The van der Waals surface area contributed by atoms with Crippen molar-refractivity contribution in [1.82, 2.24) is 9.78 Å². The van der Waals surface area contributed by atoms with Crippen LogP contribution < -0.4 is 9.47 Å². The number of carbonyl (C=O) groups is 1. The molecule has 1 aromatic heterocycles. The molecule has 1 unspecified atom stereocenters. The van der Waals surface area contributed by atoms with Crippen molar-refractivity contribution in [3.63, 3.8) is 0 Å². The maximum Gasteiger partial charge on any atom is 0.305 e. The van der Waals surface area contributed by atoms with Gasteiger partial charge in [-0.1, -0.05) is 12.1 Å². The highest BCUT2D eigenvalue weighted by Crippen LogP contribution is 2.38. The van der Waals surface area contributed by atoms with Crippen LogP contribution in [0.25, 0.3) is 11.8 Å². The van der Waals surface area contributed by atoms with Gasteiger partial charge in [0.05, 0.1) is 49.9 Å². The first-order valence-corrected chi connectivity index (χ1v) is 12.6. The van der Waals surface area contributed by atoms with Crippen LogP contribution in [0.5, 0.6) is 11.5 Å². The van der Waals surface area contributed by atoms with E-state index in [2.05, 4.69) is 0 Å². The molecular formula is C29H33FN2O6. The molecule has 4 rings (SSSR count). The van der Waals surface area contributed by atoms with E-state index in [0.29, 0.717) is 17.2 Å². The number of hydrogen-bond acceptors (Lipinski definition) is 6. The molecule has 9 heteroatoms. The third-order valence-corrected chi connectivity index (χ3v) is 6.82. The number of aliphatic hydroxyl groups excluding tert-OH is 2. The van der Waals surface area contributed by atoms with Crippen molar-refractivity contribution in [2.24, 2.45) is 0 Å². The van der Waals surface area contributed by atoms with Gasteiger partial charge in [-0.15, -0.1) is 0 Å². The van der Waals surface area contributed by atoms with E-state index < -0.39 is 24.6 Å². The Balaban J connectivity index is 1.67. The van der Waals surface area contributed by atoms with Gasteiger partial charge in [-0.05, 0) is 73.7 Å². The van der Waals surface area contributed by atoms with Crippen molar-refractivity contribution >= 4 is 12.0 Å². The fourth-order valence-electron chi connectivity index (χ4n) is 5.01. The quantitative estimate of drug-likeness (QED) is 0.343. The number of aliphatic carboxylic acids is 1. The summed E-state index contributed by atoms with van der Waals surface area (Å²) in [6.45, 7) is 0. The number of carboxylic acids is 1. The van der Waals surface area contributed by atoms with Gasteiger partial charge in [0.2, 0.25) is 0 Å². The summed E-state index contributed by atoms with van der Waals surface area (Å²) in [5.41, 5.74) is 4.56. The summed E-state index contributed by atoms with van der Waals surface area (Å²) in [6, 6.07) is 12.0. The van der Waals surface area contributed by atoms with Crippen LogP contribution in [-0.4, -0.2) is 57.5 Å². The lowest BCUT2D eigenvalue weighted by Gasteiger charge is -2.22. The number of nitrogens with zero attached hydrogens (tertiary/aromatic N) is 2. The predicted molar refractivity (Wildman–Crippen MR) is 140 cm³/mol. The molecule has 0 fully saturated rings. The van der Waals surface area contributed by atoms with Gasteiger partial charge in [0, 0.05) is 17.9 Å². The number of aromatic nitrogens is 2. The maximum absolute atomic E-state index is 13.7. The highest BCUT2D eigenvalue weighted by atomic mass is 19.1. The van der Waals surface area contributed by atoms with E-state index in [1.54, 1.807) is 43.2 Å². The number of rotatable bonds is 11. The van der Waals surface area contributed by atoms with E-state index in [4.69, 9.17) is 19.7 Å². The first-order chi connectivity index (χ1) is 18.3. The molecule has 1 heterocycles. The van der Waals surface area contributed by atoms with Crippen LogP contribution in [0, 0.1) is 5.82 Å². The average Bonchev–Trinajstić information content (AvgIpc) is 3.26. The van der Waals surface area contributed by atoms with Crippen LogP contribution in [-0.2, 0) is 17.6 Å². The standard InChI is InChI=1S/C29H33FN2O6/c1-37-26-13-6-18(15-27(26)38-2)14-19-4-3-5-24-25(12-11-22(33)16-23(34)17-28(35)36)32(31-29(19)24)21-9-7-20(30)8-10-21/h6-13,15,19,22-23,33-34H,3-5,14,16-17H2,1-2H3,(H,35,36)/b12-11+/t19?,22-,23-/m1/s1. The number of hydrogen-bond donors (Lipinski definition) is 3. The van der Waals surface area contributed by atoms with E-state index in [-0.39, 0.29) is 18.2 Å². The van der Waals surface area contributed by atoms with Crippen molar-refractivity contribution in [3.05, 3.63) is 76.9 Å². The molecule has 3 N–H and O–H groups in total. The Labute approximate surface area is 221 Å². The molecule has 0 radical (unpaired) electrons. The first kappa shape index (κ1) is 27.3. The Morgan fingerprint density at radius 3 is 2.58 bits per heavy atom. The third-order valence-electron chi connectivity index (χ3n) is 6.82. The second-order valence-corrected chi connectivity index (χ2v) is 9.53. The van der Waals surface area contributed by atoms with Crippen LogP contribution in [0.4, 0.5) is 4.39 Å². The molecule has 0 bridgehead atoms. The van der Waals surface area contributed by atoms with Gasteiger partial charge in [-0.25, -0.2) is 9.07 Å². The van der Waals surface area contributed by atoms with Crippen LogP contribution in [0.15, 0.2) is 48.5 Å². The molecule has 2 aromatic carbocycles. The summed E-state index contributed by atoms with van der Waals surface area (Å²) in [5, 5.41) is 34.2. The number of ether oxygens (including phenoxy) is 2. The van der Waals surface area contributed by atoms with Crippen LogP contribution in [0.1, 0.15) is 54.1 Å². The highest BCUT2D eigenvalue weighted by Gasteiger charge is 2.28. The summed E-state index contributed by atoms with van der Waals surface area (Å²) in [5.74, 6) is 0.00351. The van der Waals surface area contributed by atoms with Crippen molar-refractivity contribution < 1.29 is 34.0 Å². The minimum atomic E-state index is -1.16. The van der Waals surface area contributed by atoms with Crippen molar-refractivity contribution in [3.8, 4) is 17.2 Å². The number of carboxylic acid groups (broad SMARTS) is 1. The zero-order valence-corrected chi connectivity index (χ0v) is 21.5. The molecule has 1 aliphatic carbocycles. The maximum atomic E-state index is 13.7. The summed E-state index contributed by atoms with van der Waals surface area (Å²) >= 11 is 0. The largest absolute Gasteiger partial charge is 0.493 e. The molecule has 0 saturated carbocycles. The summed E-state index contributed by atoms with van der Waals surface area (Å²) in [7, 11) is 3.21. The topological polar surface area (TPSA) is 114 Å². The van der Waals surface area contributed by atoms with Gasteiger partial charge in [-0.2, -0.15) is 5.10 Å². The number of fused-ring (bicyclic) bond motifs is 1. The zero-order chi connectivity index (χ0) is 27.2. The Kier molecular flexibility index (Phi) is 8.81. The van der Waals surface area contributed by atoms with Gasteiger partial charge >= 0.3 is 5.97 Å². The Morgan fingerprint density at radius 2 is 1.89 bits per heavy atom. The molecule has 0 amide bonds. The molecule has 0 spiro atoms. The van der Waals surface area contributed by atoms with Gasteiger partial charge < -0.3 is 24.8 Å².